The molecule has 1 aliphatic heterocycles. The summed E-state index contributed by atoms with van der Waals surface area (Å²) in [6.45, 7) is 5.28. The van der Waals surface area contributed by atoms with E-state index in [1.54, 1.807) is 40.0 Å². The smallest absolute Gasteiger partial charge is 0.335 e. The summed E-state index contributed by atoms with van der Waals surface area (Å²) >= 11 is 0. The zero-order chi connectivity index (χ0) is 21.9. The van der Waals surface area contributed by atoms with Crippen molar-refractivity contribution in [3.8, 4) is 5.75 Å². The number of rotatable bonds is 6. The first-order chi connectivity index (χ1) is 13.5. The molecule has 0 unspecified atom stereocenters. The van der Waals surface area contributed by atoms with Gasteiger partial charge in [0.25, 0.3) is 0 Å². The first-order valence-corrected chi connectivity index (χ1v) is 9.02. The molecule has 0 radical (unpaired) electrons. The normalized spacial score (nSPS) is 27.2. The second-order valence-electron chi connectivity index (χ2n) is 7.76. The monoisotopic (exact) mass is 413 g/mol. The molecule has 0 spiro atoms. The molecule has 10 nitrogen and oxygen atoms in total. The van der Waals surface area contributed by atoms with E-state index >= 15 is 0 Å². The minimum Gasteiger partial charge on any atom is -0.479 e. The van der Waals surface area contributed by atoms with Gasteiger partial charge < -0.3 is 40.0 Å². The van der Waals surface area contributed by atoms with Crippen molar-refractivity contribution in [3.63, 3.8) is 0 Å². The van der Waals surface area contributed by atoms with Crippen LogP contribution in [-0.2, 0) is 25.7 Å². The van der Waals surface area contributed by atoms with Crippen LogP contribution in [0.25, 0.3) is 0 Å². The number of carboxylic acids is 1. The Balaban J connectivity index is 2.14. The lowest BCUT2D eigenvalue weighted by Gasteiger charge is -2.38. The molecule has 29 heavy (non-hydrogen) atoms. The molecule has 1 heterocycles. The zero-order valence-electron chi connectivity index (χ0n) is 16.7. The highest BCUT2D eigenvalue weighted by Gasteiger charge is 2.48. The molecule has 5 N–H and O–H groups in total. The Morgan fingerprint density at radius 3 is 2.34 bits per heavy atom. The van der Waals surface area contributed by atoms with E-state index in [2.05, 4.69) is 5.32 Å². The van der Waals surface area contributed by atoms with Crippen molar-refractivity contribution < 1.29 is 44.2 Å². The second-order valence-corrected chi connectivity index (χ2v) is 7.76. The number of ether oxygens (including phenoxy) is 3. The maximum atomic E-state index is 11.9. The largest absolute Gasteiger partial charge is 0.479 e. The highest BCUT2D eigenvalue weighted by Crippen LogP contribution is 2.30. The van der Waals surface area contributed by atoms with E-state index in [1.165, 1.54) is 6.07 Å². The van der Waals surface area contributed by atoms with Crippen LogP contribution in [0.2, 0.25) is 0 Å². The number of hydrogen-bond acceptors (Lipinski definition) is 9. The van der Waals surface area contributed by atoms with Gasteiger partial charge in [-0.1, -0.05) is 6.07 Å². The molecular formula is C19H27NO9. The summed E-state index contributed by atoms with van der Waals surface area (Å²) in [5.74, 6) is -1.65. The van der Waals surface area contributed by atoms with Crippen LogP contribution in [0.1, 0.15) is 26.3 Å². The lowest BCUT2D eigenvalue weighted by molar-refractivity contribution is -0.271. The average Bonchev–Trinajstić information content (AvgIpc) is 2.65. The predicted molar refractivity (Wildman–Crippen MR) is 100 cm³/mol. The van der Waals surface area contributed by atoms with Crippen LogP contribution in [0.15, 0.2) is 18.2 Å². The van der Waals surface area contributed by atoms with Crippen molar-refractivity contribution in [2.24, 2.45) is 5.41 Å². The van der Waals surface area contributed by atoms with Gasteiger partial charge in [0.2, 0.25) is 6.29 Å². The third-order valence-electron chi connectivity index (χ3n) is 4.35. The summed E-state index contributed by atoms with van der Waals surface area (Å²) in [5, 5.41) is 41.7. The highest BCUT2D eigenvalue weighted by atomic mass is 16.7. The summed E-state index contributed by atoms with van der Waals surface area (Å²) in [6, 6.07) is 4.80. The average molecular weight is 413 g/mol. The summed E-state index contributed by atoms with van der Waals surface area (Å²) in [5.41, 5.74) is 0.496. The van der Waals surface area contributed by atoms with Gasteiger partial charge in [-0.25, -0.2) is 4.79 Å². The van der Waals surface area contributed by atoms with Crippen LogP contribution in [0.3, 0.4) is 0 Å². The third kappa shape index (κ3) is 5.36. The molecule has 0 aliphatic carbocycles. The summed E-state index contributed by atoms with van der Waals surface area (Å²) in [7, 11) is 1.62. The first-order valence-electron chi connectivity index (χ1n) is 9.02. The van der Waals surface area contributed by atoms with E-state index in [-0.39, 0.29) is 18.3 Å². The summed E-state index contributed by atoms with van der Waals surface area (Å²) in [4.78, 5) is 23.1. The molecule has 10 heteroatoms. The van der Waals surface area contributed by atoms with Gasteiger partial charge in [0.05, 0.1) is 11.1 Å². The lowest BCUT2D eigenvalue weighted by atomic mass is 9.97. The summed E-state index contributed by atoms with van der Waals surface area (Å²) < 4.78 is 15.9. The number of carbonyl (C=O) groups excluding carboxylic acids is 1. The van der Waals surface area contributed by atoms with E-state index in [9.17, 15) is 24.9 Å². The van der Waals surface area contributed by atoms with Crippen molar-refractivity contribution in [3.05, 3.63) is 23.8 Å². The van der Waals surface area contributed by atoms with Crippen molar-refractivity contribution in [1.29, 1.82) is 0 Å². The zero-order valence-corrected chi connectivity index (χ0v) is 16.7. The number of carbonyl (C=O) groups is 2. The van der Waals surface area contributed by atoms with Crippen molar-refractivity contribution >= 4 is 17.6 Å². The topological polar surface area (TPSA) is 155 Å². The highest BCUT2D eigenvalue weighted by molar-refractivity contribution is 5.75. The Kier molecular flexibility index (Phi) is 7.06. The SMILES string of the molecule is CNc1cc(COC(=O)C(C)(C)C)ccc1O[C@@H]1O[C@H](C(=O)O)[C@@H](O)[C@H](O)[C@H]1O. The molecule has 0 amide bonds. The Labute approximate surface area is 168 Å². The van der Waals surface area contributed by atoms with Crippen LogP contribution >= 0.6 is 0 Å². The van der Waals surface area contributed by atoms with Gasteiger partial charge in [-0.2, -0.15) is 0 Å². The van der Waals surface area contributed by atoms with E-state index in [1.807, 2.05) is 0 Å². The minimum atomic E-state index is -1.80. The number of nitrogens with one attached hydrogen (secondary N) is 1. The molecule has 1 aliphatic rings. The number of hydrogen-bond donors (Lipinski definition) is 5. The molecule has 5 atom stereocenters. The van der Waals surface area contributed by atoms with Gasteiger partial charge in [-0.15, -0.1) is 0 Å². The van der Waals surface area contributed by atoms with Gasteiger partial charge in [0, 0.05) is 7.05 Å². The maximum Gasteiger partial charge on any atom is 0.335 e. The van der Waals surface area contributed by atoms with Crippen molar-refractivity contribution in [2.45, 2.75) is 58.1 Å². The van der Waals surface area contributed by atoms with Crippen LogP contribution in [0.5, 0.6) is 5.75 Å². The molecule has 162 valence electrons. The van der Waals surface area contributed by atoms with Gasteiger partial charge >= 0.3 is 11.9 Å². The molecule has 1 aromatic rings. The van der Waals surface area contributed by atoms with Crippen molar-refractivity contribution in [2.75, 3.05) is 12.4 Å². The molecule has 1 fully saturated rings. The third-order valence-corrected chi connectivity index (χ3v) is 4.35. The Hall–Kier alpha value is -2.40. The molecule has 2 rings (SSSR count). The standard InChI is InChI=1S/C19H27NO9/c1-19(2,3)18(26)27-8-9-5-6-11(10(7-9)20-4)28-17-14(23)12(21)13(22)15(29-17)16(24)25/h5-7,12-15,17,20-23H,8H2,1-4H3,(H,24,25)/t12-,13-,14+,15-,17+/m0/s1. The molecule has 1 aromatic carbocycles. The fourth-order valence-corrected chi connectivity index (χ4v) is 2.60. The number of anilines is 1. The van der Waals surface area contributed by atoms with Gasteiger partial charge in [-0.3, -0.25) is 4.79 Å². The fraction of sp³-hybridized carbons (Fsp3) is 0.579. The number of aliphatic hydroxyl groups is 3. The van der Waals surface area contributed by atoms with E-state index in [0.717, 1.165) is 0 Å². The summed E-state index contributed by atoms with van der Waals surface area (Å²) in [6.07, 6.45) is -8.51. The predicted octanol–water partition coefficient (Wildman–Crippen LogP) is 0.0886. The van der Waals surface area contributed by atoms with E-state index < -0.39 is 42.1 Å². The van der Waals surface area contributed by atoms with Crippen LogP contribution in [0.4, 0.5) is 5.69 Å². The van der Waals surface area contributed by atoms with Crippen LogP contribution in [0, 0.1) is 5.41 Å². The number of carboxylic acid groups (broad SMARTS) is 1. The number of aliphatic carboxylic acids is 1. The van der Waals surface area contributed by atoms with Gasteiger partial charge in [0.1, 0.15) is 30.7 Å². The minimum absolute atomic E-state index is 0.0413. The van der Waals surface area contributed by atoms with Gasteiger partial charge in [0.15, 0.2) is 6.10 Å². The second kappa shape index (κ2) is 8.95. The Bertz CT molecular complexity index is 746. The molecule has 0 saturated carbocycles. The number of benzene rings is 1. The van der Waals surface area contributed by atoms with Gasteiger partial charge in [-0.05, 0) is 38.5 Å². The Morgan fingerprint density at radius 1 is 1.14 bits per heavy atom. The van der Waals surface area contributed by atoms with E-state index in [0.29, 0.717) is 11.3 Å². The molecule has 0 bridgehead atoms. The Morgan fingerprint density at radius 2 is 1.79 bits per heavy atom. The number of esters is 1. The van der Waals surface area contributed by atoms with E-state index in [4.69, 9.17) is 19.3 Å². The number of aliphatic hydroxyl groups excluding tert-OH is 3. The van der Waals surface area contributed by atoms with Crippen LogP contribution in [-0.4, -0.2) is 70.1 Å². The molecule has 0 aromatic heterocycles. The lowest BCUT2D eigenvalue weighted by Crippen LogP contribution is -2.61. The molecular weight excluding hydrogens is 386 g/mol. The van der Waals surface area contributed by atoms with Crippen molar-refractivity contribution in [1.82, 2.24) is 0 Å². The quantitative estimate of drug-likeness (QED) is 0.405. The van der Waals surface area contributed by atoms with Crippen LogP contribution < -0.4 is 10.1 Å². The fourth-order valence-electron chi connectivity index (χ4n) is 2.60. The maximum absolute atomic E-state index is 11.9. The molecule has 1 saturated heterocycles. The first kappa shape index (κ1) is 22.9.